The maximum Gasteiger partial charge on any atom is 0.0717 e. The van der Waals surface area contributed by atoms with E-state index < -0.39 is 0 Å². The Labute approximate surface area is 122 Å². The predicted molar refractivity (Wildman–Crippen MR) is 79.9 cm³/mol. The zero-order chi connectivity index (χ0) is 11.1. The number of rotatable bonds is 5. The van der Waals surface area contributed by atoms with Gasteiger partial charge in [0.15, 0.2) is 0 Å². The second-order valence-corrected chi connectivity index (χ2v) is 4.13. The summed E-state index contributed by atoms with van der Waals surface area (Å²) in [4.78, 5) is 2.45. The number of piperazine rings is 1. The zero-order valence-electron chi connectivity index (χ0n) is 10.5. The standard InChI is InChI=1S/C13H20N2O.2ClH/c1-2-4-13(5-3-1)12-16-11-10-15-8-6-14-7-9-15;;/h1-5,14H,6-12H2;2*1H. The molecule has 2 rings (SSSR count). The molecule has 0 bridgehead atoms. The van der Waals surface area contributed by atoms with Crippen LogP contribution in [0.3, 0.4) is 0 Å². The predicted octanol–water partition coefficient (Wildman–Crippen LogP) is 1.95. The Morgan fingerprint density at radius 1 is 1.06 bits per heavy atom. The second-order valence-electron chi connectivity index (χ2n) is 4.13. The molecule has 0 amide bonds. The molecule has 1 aliphatic rings. The monoisotopic (exact) mass is 292 g/mol. The van der Waals surface area contributed by atoms with Crippen LogP contribution in [-0.4, -0.2) is 44.2 Å². The molecular weight excluding hydrogens is 271 g/mol. The lowest BCUT2D eigenvalue weighted by atomic mass is 10.2. The molecule has 5 heteroatoms. The maximum atomic E-state index is 5.66. The number of halogens is 2. The van der Waals surface area contributed by atoms with Gasteiger partial charge in [0.25, 0.3) is 0 Å². The van der Waals surface area contributed by atoms with Gasteiger partial charge in [-0.3, -0.25) is 4.90 Å². The van der Waals surface area contributed by atoms with Gasteiger partial charge in [-0.05, 0) is 5.56 Å². The number of nitrogens with zero attached hydrogens (tertiary/aromatic N) is 1. The lowest BCUT2D eigenvalue weighted by Gasteiger charge is -2.26. The first-order chi connectivity index (χ1) is 7.95. The fourth-order valence-corrected chi connectivity index (χ4v) is 1.89. The summed E-state index contributed by atoms with van der Waals surface area (Å²) in [6, 6.07) is 10.3. The fourth-order valence-electron chi connectivity index (χ4n) is 1.89. The summed E-state index contributed by atoms with van der Waals surface area (Å²) in [5.74, 6) is 0. The Hall–Kier alpha value is -0.320. The van der Waals surface area contributed by atoms with Crippen LogP contribution >= 0.6 is 24.8 Å². The fraction of sp³-hybridized carbons (Fsp3) is 0.538. The third-order valence-electron chi connectivity index (χ3n) is 2.87. The van der Waals surface area contributed by atoms with E-state index in [2.05, 4.69) is 34.5 Å². The minimum atomic E-state index is 0. The van der Waals surface area contributed by atoms with Crippen LogP contribution < -0.4 is 5.32 Å². The molecule has 1 aromatic carbocycles. The third kappa shape index (κ3) is 6.57. The highest BCUT2D eigenvalue weighted by molar-refractivity contribution is 5.85. The third-order valence-corrected chi connectivity index (χ3v) is 2.87. The normalized spacial score (nSPS) is 15.6. The molecule has 1 aliphatic heterocycles. The number of hydrogen-bond donors (Lipinski definition) is 1. The SMILES string of the molecule is Cl.Cl.c1ccc(COCCN2CCNCC2)cc1. The molecule has 0 atom stereocenters. The van der Waals surface area contributed by atoms with E-state index in [1.807, 2.05) is 6.07 Å². The Kier molecular flexibility index (Phi) is 10.4. The highest BCUT2D eigenvalue weighted by atomic mass is 35.5. The lowest BCUT2D eigenvalue weighted by Crippen LogP contribution is -2.44. The summed E-state index contributed by atoms with van der Waals surface area (Å²) in [5.41, 5.74) is 1.25. The largest absolute Gasteiger partial charge is 0.375 e. The average molecular weight is 293 g/mol. The molecule has 0 saturated carbocycles. The lowest BCUT2D eigenvalue weighted by molar-refractivity contribution is 0.0886. The zero-order valence-corrected chi connectivity index (χ0v) is 12.1. The van der Waals surface area contributed by atoms with Crippen molar-refractivity contribution in [2.24, 2.45) is 0 Å². The first-order valence-electron chi connectivity index (χ1n) is 6.00. The van der Waals surface area contributed by atoms with Gasteiger partial charge in [0.2, 0.25) is 0 Å². The van der Waals surface area contributed by atoms with E-state index in [4.69, 9.17) is 4.74 Å². The van der Waals surface area contributed by atoms with Crippen molar-refractivity contribution in [2.45, 2.75) is 6.61 Å². The van der Waals surface area contributed by atoms with Crippen LogP contribution in [0.4, 0.5) is 0 Å². The topological polar surface area (TPSA) is 24.5 Å². The van der Waals surface area contributed by atoms with Gasteiger partial charge in [0, 0.05) is 32.7 Å². The van der Waals surface area contributed by atoms with Crippen molar-refractivity contribution in [1.29, 1.82) is 0 Å². The van der Waals surface area contributed by atoms with Gasteiger partial charge in [-0.1, -0.05) is 30.3 Å². The quantitative estimate of drug-likeness (QED) is 0.840. The van der Waals surface area contributed by atoms with E-state index in [0.29, 0.717) is 0 Å². The van der Waals surface area contributed by atoms with E-state index in [0.717, 1.165) is 45.9 Å². The minimum Gasteiger partial charge on any atom is -0.375 e. The van der Waals surface area contributed by atoms with E-state index in [-0.39, 0.29) is 24.8 Å². The van der Waals surface area contributed by atoms with E-state index in [9.17, 15) is 0 Å². The van der Waals surface area contributed by atoms with Crippen LogP contribution in [0.2, 0.25) is 0 Å². The first kappa shape index (κ1) is 17.7. The van der Waals surface area contributed by atoms with Gasteiger partial charge in [0.05, 0.1) is 13.2 Å². The van der Waals surface area contributed by atoms with Crippen molar-refractivity contribution in [3.63, 3.8) is 0 Å². The summed E-state index contributed by atoms with van der Waals surface area (Å²) < 4.78 is 5.66. The first-order valence-corrected chi connectivity index (χ1v) is 6.00. The minimum absolute atomic E-state index is 0. The summed E-state index contributed by atoms with van der Waals surface area (Å²) in [5, 5.41) is 3.35. The van der Waals surface area contributed by atoms with Gasteiger partial charge in [-0.15, -0.1) is 24.8 Å². The highest BCUT2D eigenvalue weighted by Crippen LogP contribution is 2.00. The summed E-state index contributed by atoms with van der Waals surface area (Å²) >= 11 is 0. The van der Waals surface area contributed by atoms with Crippen molar-refractivity contribution < 1.29 is 4.74 Å². The van der Waals surface area contributed by atoms with Crippen LogP contribution in [0.5, 0.6) is 0 Å². The molecule has 0 aliphatic carbocycles. The Morgan fingerprint density at radius 2 is 1.72 bits per heavy atom. The molecule has 0 unspecified atom stereocenters. The molecule has 0 spiro atoms. The van der Waals surface area contributed by atoms with E-state index >= 15 is 0 Å². The van der Waals surface area contributed by atoms with Gasteiger partial charge < -0.3 is 10.1 Å². The summed E-state index contributed by atoms with van der Waals surface area (Å²) in [6.45, 7) is 7.12. The molecule has 104 valence electrons. The summed E-state index contributed by atoms with van der Waals surface area (Å²) in [6.07, 6.45) is 0. The molecule has 0 radical (unpaired) electrons. The van der Waals surface area contributed by atoms with Crippen LogP contribution in [0.15, 0.2) is 30.3 Å². The van der Waals surface area contributed by atoms with Crippen molar-refractivity contribution in [3.05, 3.63) is 35.9 Å². The molecule has 1 aromatic rings. The molecule has 1 saturated heterocycles. The molecule has 3 nitrogen and oxygen atoms in total. The maximum absolute atomic E-state index is 5.66. The van der Waals surface area contributed by atoms with Crippen molar-refractivity contribution in [2.75, 3.05) is 39.3 Å². The Bertz CT molecular complexity index is 292. The van der Waals surface area contributed by atoms with Crippen LogP contribution in [0.25, 0.3) is 0 Å². The van der Waals surface area contributed by atoms with Crippen molar-refractivity contribution in [1.82, 2.24) is 10.2 Å². The number of nitrogens with one attached hydrogen (secondary N) is 1. The van der Waals surface area contributed by atoms with Gasteiger partial charge in [-0.2, -0.15) is 0 Å². The van der Waals surface area contributed by atoms with Crippen LogP contribution in [-0.2, 0) is 11.3 Å². The second kappa shape index (κ2) is 10.6. The van der Waals surface area contributed by atoms with Crippen molar-refractivity contribution in [3.8, 4) is 0 Å². The average Bonchev–Trinajstić information content (AvgIpc) is 2.37. The Balaban J connectivity index is 0.00000144. The molecule has 1 heterocycles. The number of benzene rings is 1. The molecule has 18 heavy (non-hydrogen) atoms. The molecular formula is C13H22Cl2N2O. The smallest absolute Gasteiger partial charge is 0.0717 e. The van der Waals surface area contributed by atoms with E-state index in [1.165, 1.54) is 5.56 Å². The molecule has 1 N–H and O–H groups in total. The Morgan fingerprint density at radius 3 is 2.39 bits per heavy atom. The van der Waals surface area contributed by atoms with Gasteiger partial charge in [-0.25, -0.2) is 0 Å². The number of hydrogen-bond acceptors (Lipinski definition) is 3. The highest BCUT2D eigenvalue weighted by Gasteiger charge is 2.08. The van der Waals surface area contributed by atoms with Gasteiger partial charge in [0.1, 0.15) is 0 Å². The summed E-state index contributed by atoms with van der Waals surface area (Å²) in [7, 11) is 0. The van der Waals surface area contributed by atoms with Crippen LogP contribution in [0.1, 0.15) is 5.56 Å². The molecule has 0 aromatic heterocycles. The van der Waals surface area contributed by atoms with Crippen molar-refractivity contribution >= 4 is 24.8 Å². The number of ether oxygens (including phenoxy) is 1. The van der Waals surface area contributed by atoms with Gasteiger partial charge >= 0.3 is 0 Å². The van der Waals surface area contributed by atoms with E-state index in [1.54, 1.807) is 0 Å². The van der Waals surface area contributed by atoms with Crippen LogP contribution in [0, 0.1) is 0 Å². The molecule has 1 fully saturated rings.